The Morgan fingerprint density at radius 1 is 0.792 bits per heavy atom. The molecule has 0 spiro atoms. The number of anilines is 1. The van der Waals surface area contributed by atoms with E-state index in [1.165, 1.54) is 30.0 Å². The Bertz CT molecular complexity index is 910. The molecular formula is C12H12N12. The zero-order chi connectivity index (χ0) is 16.4. The maximum atomic E-state index is 6.14. The van der Waals surface area contributed by atoms with Crippen molar-refractivity contribution in [3.63, 3.8) is 0 Å². The molecule has 12 nitrogen and oxygen atoms in total. The molecule has 0 saturated carbocycles. The number of nitrogens with two attached hydrogens (primary N) is 1. The second kappa shape index (κ2) is 5.83. The van der Waals surface area contributed by atoms with Crippen LogP contribution in [0.4, 0.5) is 5.82 Å². The zero-order valence-electron chi connectivity index (χ0n) is 12.4. The van der Waals surface area contributed by atoms with Gasteiger partial charge in [-0.05, 0) is 0 Å². The molecule has 0 aliphatic heterocycles. The second-order valence-electron chi connectivity index (χ2n) is 4.85. The van der Waals surface area contributed by atoms with E-state index < -0.39 is 0 Å². The van der Waals surface area contributed by atoms with Gasteiger partial charge in [-0.15, -0.1) is 0 Å². The number of aromatic nitrogens is 11. The van der Waals surface area contributed by atoms with Gasteiger partial charge in [0.15, 0.2) is 11.6 Å². The van der Waals surface area contributed by atoms with Gasteiger partial charge in [0.1, 0.15) is 50.2 Å². The van der Waals surface area contributed by atoms with Gasteiger partial charge < -0.3 is 5.73 Å². The summed E-state index contributed by atoms with van der Waals surface area (Å²) in [6.45, 7) is 0.721. The van der Waals surface area contributed by atoms with Crippen LogP contribution in [0.15, 0.2) is 38.0 Å². The van der Waals surface area contributed by atoms with Crippen molar-refractivity contribution >= 4 is 5.82 Å². The van der Waals surface area contributed by atoms with E-state index in [1.807, 2.05) is 0 Å². The predicted octanol–water partition coefficient (Wildman–Crippen LogP) is -1.08. The standard InChI is InChI=1S/C12H12N12/c13-12-11(24-8-16-5-19-24)9(1-22-6-14-3-17-22)20-10(21-12)2-23-7-15-4-18-23/h3-8H,1-2H2,(H2,13,20,21). The monoisotopic (exact) mass is 324 g/mol. The number of nitrogen functional groups attached to an aromatic ring is 1. The molecule has 24 heavy (non-hydrogen) atoms. The average molecular weight is 324 g/mol. The first-order valence-corrected chi connectivity index (χ1v) is 6.94. The van der Waals surface area contributed by atoms with Crippen molar-refractivity contribution in [3.8, 4) is 5.69 Å². The van der Waals surface area contributed by atoms with E-state index in [0.29, 0.717) is 36.1 Å². The van der Waals surface area contributed by atoms with Crippen molar-refractivity contribution in [2.75, 3.05) is 5.73 Å². The summed E-state index contributed by atoms with van der Waals surface area (Å²) in [6, 6.07) is 0. The fourth-order valence-corrected chi connectivity index (χ4v) is 2.25. The molecule has 0 saturated heterocycles. The van der Waals surface area contributed by atoms with E-state index >= 15 is 0 Å². The summed E-state index contributed by atoms with van der Waals surface area (Å²) in [6.07, 6.45) is 9.04. The third kappa shape index (κ3) is 2.67. The molecule has 0 atom stereocenters. The van der Waals surface area contributed by atoms with E-state index in [0.717, 1.165) is 0 Å². The summed E-state index contributed by atoms with van der Waals surface area (Å²) in [5.41, 5.74) is 7.35. The van der Waals surface area contributed by atoms with E-state index in [9.17, 15) is 0 Å². The fraction of sp³-hybridized carbons (Fsp3) is 0.167. The summed E-state index contributed by atoms with van der Waals surface area (Å²) in [5, 5.41) is 12.3. The largest absolute Gasteiger partial charge is 0.382 e. The maximum absolute atomic E-state index is 6.14. The Morgan fingerprint density at radius 2 is 1.46 bits per heavy atom. The lowest BCUT2D eigenvalue weighted by Crippen LogP contribution is -2.16. The summed E-state index contributed by atoms with van der Waals surface area (Å²) in [5.74, 6) is 0.803. The van der Waals surface area contributed by atoms with Gasteiger partial charge in [0.2, 0.25) is 0 Å². The van der Waals surface area contributed by atoms with E-state index in [2.05, 4.69) is 40.2 Å². The number of hydrogen-bond acceptors (Lipinski definition) is 9. The topological polar surface area (TPSA) is 144 Å². The van der Waals surface area contributed by atoms with E-state index in [1.54, 1.807) is 22.0 Å². The van der Waals surface area contributed by atoms with Gasteiger partial charge in [0.05, 0.1) is 12.2 Å². The Labute approximate surface area is 135 Å². The molecule has 12 heteroatoms. The number of rotatable bonds is 5. The van der Waals surface area contributed by atoms with Gasteiger partial charge in [0.25, 0.3) is 0 Å². The molecule has 2 N–H and O–H groups in total. The van der Waals surface area contributed by atoms with Crippen molar-refractivity contribution in [2.45, 2.75) is 13.1 Å². The minimum absolute atomic E-state index is 0.292. The van der Waals surface area contributed by atoms with Crippen molar-refractivity contribution in [2.24, 2.45) is 0 Å². The van der Waals surface area contributed by atoms with Gasteiger partial charge in [-0.25, -0.2) is 39.0 Å². The Hall–Kier alpha value is -3.70. The summed E-state index contributed by atoms with van der Waals surface area (Å²) >= 11 is 0. The highest BCUT2D eigenvalue weighted by atomic mass is 15.4. The molecular weight excluding hydrogens is 312 g/mol. The van der Waals surface area contributed by atoms with Crippen LogP contribution in [-0.2, 0) is 13.1 Å². The van der Waals surface area contributed by atoms with Crippen LogP contribution in [0.5, 0.6) is 0 Å². The first-order valence-electron chi connectivity index (χ1n) is 6.94. The normalized spacial score (nSPS) is 11.0. The molecule has 0 bridgehead atoms. The molecule has 120 valence electrons. The van der Waals surface area contributed by atoms with E-state index in [-0.39, 0.29) is 0 Å². The van der Waals surface area contributed by atoms with Crippen LogP contribution in [0, 0.1) is 0 Å². The average Bonchev–Trinajstić information content (AvgIpc) is 3.30. The van der Waals surface area contributed by atoms with Gasteiger partial charge >= 0.3 is 0 Å². The Balaban J connectivity index is 1.77. The van der Waals surface area contributed by atoms with Crippen molar-refractivity contribution in [1.82, 2.24) is 54.3 Å². The summed E-state index contributed by atoms with van der Waals surface area (Å²) < 4.78 is 4.78. The van der Waals surface area contributed by atoms with Crippen LogP contribution in [0.1, 0.15) is 11.5 Å². The Morgan fingerprint density at radius 3 is 2.08 bits per heavy atom. The third-order valence-electron chi connectivity index (χ3n) is 3.23. The smallest absolute Gasteiger partial charge is 0.153 e. The van der Waals surface area contributed by atoms with Crippen molar-refractivity contribution in [3.05, 3.63) is 49.5 Å². The molecule has 0 amide bonds. The molecule has 4 heterocycles. The molecule has 0 radical (unpaired) electrons. The summed E-state index contributed by atoms with van der Waals surface area (Å²) in [4.78, 5) is 20.7. The quantitative estimate of drug-likeness (QED) is 0.484. The molecule has 0 unspecified atom stereocenters. The molecule has 4 aromatic heterocycles. The first kappa shape index (κ1) is 13.9. The van der Waals surface area contributed by atoms with Crippen molar-refractivity contribution in [1.29, 1.82) is 0 Å². The van der Waals surface area contributed by atoms with E-state index in [4.69, 9.17) is 5.73 Å². The predicted molar refractivity (Wildman–Crippen MR) is 79.6 cm³/mol. The second-order valence-corrected chi connectivity index (χ2v) is 4.85. The lowest BCUT2D eigenvalue weighted by molar-refractivity contribution is 0.626. The highest BCUT2D eigenvalue weighted by molar-refractivity contribution is 5.54. The molecule has 0 aliphatic rings. The molecule has 0 aliphatic carbocycles. The molecule has 0 aromatic carbocycles. The van der Waals surface area contributed by atoms with Gasteiger partial charge in [-0.1, -0.05) is 0 Å². The number of hydrogen-bond donors (Lipinski definition) is 1. The highest BCUT2D eigenvalue weighted by Crippen LogP contribution is 2.19. The highest BCUT2D eigenvalue weighted by Gasteiger charge is 2.16. The van der Waals surface area contributed by atoms with Gasteiger partial charge in [0, 0.05) is 0 Å². The van der Waals surface area contributed by atoms with Crippen LogP contribution in [0.25, 0.3) is 5.69 Å². The summed E-state index contributed by atoms with van der Waals surface area (Å²) in [7, 11) is 0. The minimum Gasteiger partial charge on any atom is -0.382 e. The maximum Gasteiger partial charge on any atom is 0.153 e. The third-order valence-corrected chi connectivity index (χ3v) is 3.23. The van der Waals surface area contributed by atoms with Crippen LogP contribution in [0.2, 0.25) is 0 Å². The van der Waals surface area contributed by atoms with Crippen LogP contribution in [0.3, 0.4) is 0 Å². The van der Waals surface area contributed by atoms with Crippen LogP contribution < -0.4 is 5.73 Å². The SMILES string of the molecule is Nc1nc(Cn2cncn2)nc(Cn2cncn2)c1-n1cncn1. The minimum atomic E-state index is 0.292. The van der Waals surface area contributed by atoms with Gasteiger partial charge in [-0.3, -0.25) is 0 Å². The zero-order valence-corrected chi connectivity index (χ0v) is 12.4. The molecule has 4 rings (SSSR count). The van der Waals surface area contributed by atoms with Crippen molar-refractivity contribution < 1.29 is 0 Å². The molecule has 0 fully saturated rings. The Kier molecular flexibility index (Phi) is 3.38. The lowest BCUT2D eigenvalue weighted by atomic mass is 10.3. The lowest BCUT2D eigenvalue weighted by Gasteiger charge is -2.12. The van der Waals surface area contributed by atoms with Crippen LogP contribution >= 0.6 is 0 Å². The number of nitrogens with zero attached hydrogens (tertiary/aromatic N) is 11. The van der Waals surface area contributed by atoms with Crippen LogP contribution in [-0.4, -0.2) is 54.3 Å². The fourth-order valence-electron chi connectivity index (χ4n) is 2.25. The van der Waals surface area contributed by atoms with Gasteiger partial charge in [-0.2, -0.15) is 15.3 Å². The first-order chi connectivity index (χ1) is 11.8. The molecule has 4 aromatic rings.